The molecule has 0 atom stereocenters. The minimum absolute atomic E-state index is 0.0880. The van der Waals surface area contributed by atoms with Crippen molar-refractivity contribution in [2.75, 3.05) is 19.3 Å². The third-order valence-electron chi connectivity index (χ3n) is 2.96. The van der Waals surface area contributed by atoms with E-state index < -0.39 is 0 Å². The van der Waals surface area contributed by atoms with Gasteiger partial charge < -0.3 is 4.90 Å². The molecule has 0 spiro atoms. The predicted octanol–water partition coefficient (Wildman–Crippen LogP) is 1.46. The van der Waals surface area contributed by atoms with Gasteiger partial charge in [0.05, 0.1) is 23.8 Å². The first-order valence-corrected chi connectivity index (χ1v) is 8.09. The number of hydrogen-bond donors (Lipinski definition) is 0. The van der Waals surface area contributed by atoms with E-state index in [-0.39, 0.29) is 17.2 Å². The second kappa shape index (κ2) is 6.74. The van der Waals surface area contributed by atoms with Crippen LogP contribution in [0.15, 0.2) is 21.4 Å². The lowest BCUT2D eigenvalue weighted by Crippen LogP contribution is -2.29. The van der Waals surface area contributed by atoms with Gasteiger partial charge in [-0.3, -0.25) is 14.2 Å². The van der Waals surface area contributed by atoms with E-state index in [1.165, 1.54) is 32.6 Å². The average molecular weight is 322 g/mol. The Balaban J connectivity index is 2.10. The van der Waals surface area contributed by atoms with E-state index >= 15 is 0 Å². The number of amides is 1. The van der Waals surface area contributed by atoms with Crippen LogP contribution in [0.3, 0.4) is 0 Å². The van der Waals surface area contributed by atoms with Crippen LogP contribution in [0.5, 0.6) is 0 Å². The highest BCUT2D eigenvalue weighted by atomic mass is 32.2. The van der Waals surface area contributed by atoms with Crippen molar-refractivity contribution in [1.82, 2.24) is 14.5 Å². The van der Waals surface area contributed by atoms with Crippen LogP contribution in [0.1, 0.15) is 6.42 Å². The molecule has 1 amide bonds. The lowest BCUT2D eigenvalue weighted by molar-refractivity contribution is -0.127. The number of carbonyl (C=O) groups excluding carboxylic acids is 1. The second-order valence-corrected chi connectivity index (χ2v) is 6.26. The first-order chi connectivity index (χ1) is 10.0. The Morgan fingerprint density at radius 1 is 1.62 bits per heavy atom. The molecule has 2 aromatic heterocycles. The summed E-state index contributed by atoms with van der Waals surface area (Å²) in [6, 6.07) is 3.80. The first kappa shape index (κ1) is 15.5. The van der Waals surface area contributed by atoms with Crippen LogP contribution < -0.4 is 5.56 Å². The van der Waals surface area contributed by atoms with Crippen molar-refractivity contribution in [3.8, 4) is 6.07 Å². The van der Waals surface area contributed by atoms with Crippen molar-refractivity contribution in [3.05, 3.63) is 21.8 Å². The Kier molecular flexibility index (Phi) is 4.98. The maximum absolute atomic E-state index is 12.1. The van der Waals surface area contributed by atoms with Crippen molar-refractivity contribution in [2.24, 2.45) is 7.05 Å². The summed E-state index contributed by atoms with van der Waals surface area (Å²) in [5, 5.41) is 10.9. The van der Waals surface area contributed by atoms with Gasteiger partial charge in [0.2, 0.25) is 5.91 Å². The standard InChI is InChI=1S/C13H14N4O2S2/c1-16(6-3-5-14)10(18)8-21-13-15-9-4-7-20-11(9)12(19)17(13)2/h4,7H,3,6,8H2,1-2H3. The van der Waals surface area contributed by atoms with Crippen molar-refractivity contribution in [2.45, 2.75) is 11.6 Å². The third kappa shape index (κ3) is 3.43. The summed E-state index contributed by atoms with van der Waals surface area (Å²) in [4.78, 5) is 29.9. The molecule has 0 radical (unpaired) electrons. The summed E-state index contributed by atoms with van der Waals surface area (Å²) in [6.45, 7) is 0.409. The van der Waals surface area contributed by atoms with Gasteiger partial charge in [-0.25, -0.2) is 4.98 Å². The number of rotatable bonds is 5. The highest BCUT2D eigenvalue weighted by Crippen LogP contribution is 2.20. The van der Waals surface area contributed by atoms with Gasteiger partial charge in [0.1, 0.15) is 4.70 Å². The molecular formula is C13H14N4O2S2. The zero-order valence-electron chi connectivity index (χ0n) is 11.7. The second-order valence-electron chi connectivity index (χ2n) is 4.41. The zero-order chi connectivity index (χ0) is 15.4. The molecule has 0 N–H and O–H groups in total. The van der Waals surface area contributed by atoms with Crippen molar-refractivity contribution >= 4 is 39.2 Å². The number of thiophene rings is 1. The van der Waals surface area contributed by atoms with Gasteiger partial charge >= 0.3 is 0 Å². The van der Waals surface area contributed by atoms with Crippen LogP contribution in [0.4, 0.5) is 0 Å². The molecule has 0 saturated heterocycles. The first-order valence-electron chi connectivity index (χ1n) is 6.22. The van der Waals surface area contributed by atoms with Gasteiger partial charge in [-0.15, -0.1) is 11.3 Å². The highest BCUT2D eigenvalue weighted by molar-refractivity contribution is 7.99. The largest absolute Gasteiger partial charge is 0.344 e. The molecular weight excluding hydrogens is 308 g/mol. The molecule has 6 nitrogen and oxygen atoms in total. The van der Waals surface area contributed by atoms with E-state index in [1.807, 2.05) is 11.4 Å². The normalized spacial score (nSPS) is 10.5. The van der Waals surface area contributed by atoms with E-state index in [0.717, 1.165) is 0 Å². The predicted molar refractivity (Wildman–Crippen MR) is 83.5 cm³/mol. The number of carbonyl (C=O) groups is 1. The van der Waals surface area contributed by atoms with Gasteiger partial charge in [-0.2, -0.15) is 5.26 Å². The number of thioether (sulfide) groups is 1. The molecule has 2 aromatic rings. The summed E-state index contributed by atoms with van der Waals surface area (Å²) in [5.41, 5.74) is 0.568. The van der Waals surface area contributed by atoms with Crippen LogP contribution in [0.25, 0.3) is 10.2 Å². The molecule has 0 fully saturated rings. The minimum atomic E-state index is -0.0946. The SMILES string of the molecule is CN(CCC#N)C(=O)CSc1nc2ccsc2c(=O)n1C. The lowest BCUT2D eigenvalue weighted by atomic mass is 10.4. The summed E-state index contributed by atoms with van der Waals surface area (Å²) < 4.78 is 2.09. The topological polar surface area (TPSA) is 79.0 Å². The van der Waals surface area contributed by atoms with E-state index in [0.29, 0.717) is 28.3 Å². The molecule has 2 rings (SSSR count). The molecule has 0 aliphatic rings. The maximum atomic E-state index is 12.1. The van der Waals surface area contributed by atoms with Crippen LogP contribution in [-0.4, -0.2) is 39.7 Å². The molecule has 0 aliphatic carbocycles. The molecule has 0 bridgehead atoms. The Morgan fingerprint density at radius 3 is 3.10 bits per heavy atom. The molecule has 0 aliphatic heterocycles. The van der Waals surface area contributed by atoms with E-state index in [2.05, 4.69) is 4.98 Å². The summed E-state index contributed by atoms with van der Waals surface area (Å²) in [5.74, 6) is 0.104. The van der Waals surface area contributed by atoms with E-state index in [4.69, 9.17) is 5.26 Å². The van der Waals surface area contributed by atoms with Gasteiger partial charge in [0.25, 0.3) is 5.56 Å². The van der Waals surface area contributed by atoms with Crippen LogP contribution in [0, 0.1) is 11.3 Å². The van der Waals surface area contributed by atoms with E-state index in [9.17, 15) is 9.59 Å². The summed E-state index contributed by atoms with van der Waals surface area (Å²) >= 11 is 2.60. The number of aromatic nitrogens is 2. The van der Waals surface area contributed by atoms with Gasteiger partial charge in [0, 0.05) is 20.6 Å². The van der Waals surface area contributed by atoms with Gasteiger partial charge in [0.15, 0.2) is 5.16 Å². The lowest BCUT2D eigenvalue weighted by Gasteiger charge is -2.15. The zero-order valence-corrected chi connectivity index (χ0v) is 13.3. The summed E-state index contributed by atoms with van der Waals surface area (Å²) in [6.07, 6.45) is 0.310. The highest BCUT2D eigenvalue weighted by Gasteiger charge is 2.13. The van der Waals surface area contributed by atoms with Crippen LogP contribution >= 0.6 is 23.1 Å². The molecule has 2 heterocycles. The smallest absolute Gasteiger partial charge is 0.271 e. The number of fused-ring (bicyclic) bond motifs is 1. The van der Waals surface area contributed by atoms with Crippen molar-refractivity contribution in [3.63, 3.8) is 0 Å². The maximum Gasteiger partial charge on any atom is 0.271 e. The Labute approximate surface area is 130 Å². The Morgan fingerprint density at radius 2 is 2.38 bits per heavy atom. The molecule has 8 heteroatoms. The van der Waals surface area contributed by atoms with E-state index in [1.54, 1.807) is 20.2 Å². The third-order valence-corrected chi connectivity index (χ3v) is 4.86. The summed E-state index contributed by atoms with van der Waals surface area (Å²) in [7, 11) is 3.31. The fraction of sp³-hybridized carbons (Fsp3) is 0.385. The average Bonchev–Trinajstić information content (AvgIpc) is 2.95. The minimum Gasteiger partial charge on any atom is -0.344 e. The molecule has 0 saturated carbocycles. The Hall–Kier alpha value is -1.85. The molecule has 110 valence electrons. The van der Waals surface area contributed by atoms with Crippen molar-refractivity contribution < 1.29 is 4.79 Å². The Bertz CT molecular complexity index is 760. The monoisotopic (exact) mass is 322 g/mol. The number of hydrogen-bond acceptors (Lipinski definition) is 6. The molecule has 0 unspecified atom stereocenters. The van der Waals surface area contributed by atoms with Crippen LogP contribution in [-0.2, 0) is 11.8 Å². The number of nitrogens with zero attached hydrogens (tertiary/aromatic N) is 4. The quantitative estimate of drug-likeness (QED) is 0.615. The molecule has 0 aromatic carbocycles. The fourth-order valence-electron chi connectivity index (χ4n) is 1.68. The van der Waals surface area contributed by atoms with Crippen LogP contribution in [0.2, 0.25) is 0 Å². The van der Waals surface area contributed by atoms with Gasteiger partial charge in [-0.05, 0) is 11.4 Å². The van der Waals surface area contributed by atoms with Crippen molar-refractivity contribution in [1.29, 1.82) is 5.26 Å². The molecule has 21 heavy (non-hydrogen) atoms. The van der Waals surface area contributed by atoms with Gasteiger partial charge in [-0.1, -0.05) is 11.8 Å². The number of nitriles is 1. The fourth-order valence-corrected chi connectivity index (χ4v) is 3.39.